The van der Waals surface area contributed by atoms with Gasteiger partial charge in [-0.25, -0.2) is 4.98 Å². The van der Waals surface area contributed by atoms with Gasteiger partial charge in [0.25, 0.3) is 11.8 Å². The fourth-order valence-electron chi connectivity index (χ4n) is 3.60. The average molecular weight is 371 g/mol. The van der Waals surface area contributed by atoms with Gasteiger partial charge in [0, 0.05) is 37.7 Å². The number of aryl methyl sites for hydroxylation is 3. The Labute approximate surface area is 158 Å². The van der Waals surface area contributed by atoms with Gasteiger partial charge in [-0.3, -0.25) is 9.59 Å². The fourth-order valence-corrected chi connectivity index (χ4v) is 3.60. The highest BCUT2D eigenvalue weighted by Crippen LogP contribution is 2.24. The monoisotopic (exact) mass is 371 g/mol. The molecular weight excluding hydrogens is 346 g/mol. The number of phenols is 1. The van der Waals surface area contributed by atoms with Crippen LogP contribution in [0.25, 0.3) is 0 Å². The summed E-state index contributed by atoms with van der Waals surface area (Å²) in [5.74, 6) is 0.455. The van der Waals surface area contributed by atoms with E-state index < -0.39 is 0 Å². The van der Waals surface area contributed by atoms with Crippen molar-refractivity contribution in [2.24, 2.45) is 0 Å². The number of phenolic OH excluding ortho intramolecular Hbond substituents is 1. The summed E-state index contributed by atoms with van der Waals surface area (Å²) >= 11 is 0. The third-order valence-corrected chi connectivity index (χ3v) is 4.98. The van der Waals surface area contributed by atoms with E-state index in [0.717, 1.165) is 11.1 Å². The Morgan fingerprint density at radius 1 is 1.22 bits per heavy atom. The summed E-state index contributed by atoms with van der Waals surface area (Å²) in [6.07, 6.45) is 2.03. The zero-order valence-corrected chi connectivity index (χ0v) is 16.2. The van der Waals surface area contributed by atoms with Crippen molar-refractivity contribution in [2.75, 3.05) is 19.6 Å². The molecule has 0 spiro atoms. The van der Waals surface area contributed by atoms with Crippen LogP contribution in [0.5, 0.6) is 5.75 Å². The van der Waals surface area contributed by atoms with Crippen molar-refractivity contribution in [2.45, 2.75) is 40.2 Å². The molecule has 1 aromatic carbocycles. The third-order valence-electron chi connectivity index (χ3n) is 4.98. The molecule has 2 amide bonds. The number of nitrogens with zero attached hydrogens (tertiary/aromatic N) is 3. The minimum atomic E-state index is -0.171. The second-order valence-electron chi connectivity index (χ2n) is 7.03. The van der Waals surface area contributed by atoms with Crippen LogP contribution in [0.3, 0.4) is 0 Å². The molecule has 27 heavy (non-hydrogen) atoms. The topological polar surface area (TPSA) is 86.9 Å². The highest BCUT2D eigenvalue weighted by Gasteiger charge is 2.32. The van der Waals surface area contributed by atoms with Crippen LogP contribution in [0.2, 0.25) is 0 Å². The van der Waals surface area contributed by atoms with Gasteiger partial charge in [-0.15, -0.1) is 0 Å². The summed E-state index contributed by atoms with van der Waals surface area (Å²) < 4.78 is 5.27. The molecule has 1 aliphatic rings. The van der Waals surface area contributed by atoms with Crippen LogP contribution in [0.1, 0.15) is 51.7 Å². The number of carbonyl (C=O) groups excluding carboxylic acids is 2. The van der Waals surface area contributed by atoms with E-state index in [9.17, 15) is 14.7 Å². The molecule has 1 saturated heterocycles. The third kappa shape index (κ3) is 3.67. The molecule has 2 heterocycles. The molecule has 3 rings (SSSR count). The summed E-state index contributed by atoms with van der Waals surface area (Å²) in [4.78, 5) is 33.4. The number of amides is 2. The first kappa shape index (κ1) is 18.9. The van der Waals surface area contributed by atoms with Gasteiger partial charge in [0.05, 0.1) is 0 Å². The maximum atomic E-state index is 13.0. The standard InChI is InChI=1S/C20H25N3O4/c1-5-17-21-16(11-27-17)19(25)23-7-6-22(10-14(23)4)20(26)18-12(2)8-15(24)9-13(18)3/h8-9,11,14,24H,5-7,10H2,1-4H3/t14-/m1/s1. The lowest BCUT2D eigenvalue weighted by molar-refractivity contribution is 0.0410. The number of hydrogen-bond acceptors (Lipinski definition) is 5. The first-order chi connectivity index (χ1) is 12.8. The van der Waals surface area contributed by atoms with Crippen LogP contribution in [0.15, 0.2) is 22.8 Å². The predicted molar refractivity (Wildman–Crippen MR) is 99.9 cm³/mol. The van der Waals surface area contributed by atoms with Gasteiger partial charge in [-0.05, 0) is 44.0 Å². The van der Waals surface area contributed by atoms with Crippen LogP contribution in [0.4, 0.5) is 0 Å². The zero-order valence-electron chi connectivity index (χ0n) is 16.2. The number of hydrogen-bond donors (Lipinski definition) is 1. The van der Waals surface area contributed by atoms with Crippen molar-refractivity contribution < 1.29 is 19.1 Å². The summed E-state index contributed by atoms with van der Waals surface area (Å²) in [5, 5.41) is 9.69. The highest BCUT2D eigenvalue weighted by atomic mass is 16.3. The SMILES string of the molecule is CCc1nc(C(=O)N2CCN(C(=O)c3c(C)cc(O)cc3C)C[C@H]2C)co1. The second-order valence-corrected chi connectivity index (χ2v) is 7.03. The van der Waals surface area contributed by atoms with Crippen LogP contribution in [0, 0.1) is 13.8 Å². The van der Waals surface area contributed by atoms with Crippen molar-refractivity contribution in [1.29, 1.82) is 0 Å². The molecule has 7 nitrogen and oxygen atoms in total. The van der Waals surface area contributed by atoms with Gasteiger partial charge < -0.3 is 19.3 Å². The number of aromatic hydroxyl groups is 1. The molecular formula is C20H25N3O4. The molecule has 1 aliphatic heterocycles. The molecule has 1 fully saturated rings. The number of benzene rings is 1. The van der Waals surface area contributed by atoms with E-state index in [4.69, 9.17) is 4.42 Å². The number of oxazole rings is 1. The Morgan fingerprint density at radius 2 is 1.89 bits per heavy atom. The van der Waals surface area contributed by atoms with E-state index in [2.05, 4.69) is 4.98 Å². The summed E-state index contributed by atoms with van der Waals surface area (Å²) in [6.45, 7) is 8.82. The highest BCUT2D eigenvalue weighted by molar-refractivity contribution is 5.98. The number of piperazine rings is 1. The predicted octanol–water partition coefficient (Wildman–Crippen LogP) is 2.55. The van der Waals surface area contributed by atoms with Gasteiger partial charge in [0.1, 0.15) is 12.0 Å². The Bertz CT molecular complexity index is 851. The molecule has 0 unspecified atom stereocenters. The Hall–Kier alpha value is -2.83. The molecule has 7 heteroatoms. The van der Waals surface area contributed by atoms with E-state index in [1.54, 1.807) is 21.9 Å². The fraction of sp³-hybridized carbons (Fsp3) is 0.450. The average Bonchev–Trinajstić information content (AvgIpc) is 3.09. The van der Waals surface area contributed by atoms with Crippen LogP contribution in [-0.4, -0.2) is 57.4 Å². The lowest BCUT2D eigenvalue weighted by Crippen LogP contribution is -2.55. The molecule has 0 saturated carbocycles. The quantitative estimate of drug-likeness (QED) is 0.896. The van der Waals surface area contributed by atoms with E-state index in [1.165, 1.54) is 6.26 Å². The molecule has 1 atom stereocenters. The van der Waals surface area contributed by atoms with E-state index in [1.807, 2.05) is 27.7 Å². The summed E-state index contributed by atoms with van der Waals surface area (Å²) in [6, 6.07) is 3.06. The maximum Gasteiger partial charge on any atom is 0.276 e. The molecule has 0 aliphatic carbocycles. The van der Waals surface area contributed by atoms with Crippen molar-refractivity contribution in [3.8, 4) is 5.75 Å². The second kappa shape index (κ2) is 7.42. The van der Waals surface area contributed by atoms with Gasteiger partial charge in [0.2, 0.25) is 0 Å². The van der Waals surface area contributed by atoms with Crippen LogP contribution < -0.4 is 0 Å². The van der Waals surface area contributed by atoms with Crippen molar-refractivity contribution in [3.05, 3.63) is 46.7 Å². The first-order valence-corrected chi connectivity index (χ1v) is 9.16. The van der Waals surface area contributed by atoms with E-state index >= 15 is 0 Å². The molecule has 2 aromatic rings. The molecule has 1 aromatic heterocycles. The zero-order chi connectivity index (χ0) is 19.7. The molecule has 1 N–H and O–H groups in total. The molecule has 0 radical (unpaired) electrons. The Kier molecular flexibility index (Phi) is 5.21. The number of carbonyl (C=O) groups is 2. The summed E-state index contributed by atoms with van der Waals surface area (Å²) in [7, 11) is 0. The lowest BCUT2D eigenvalue weighted by atomic mass is 10.00. The molecule has 0 bridgehead atoms. The largest absolute Gasteiger partial charge is 0.508 e. The van der Waals surface area contributed by atoms with Crippen molar-refractivity contribution >= 4 is 11.8 Å². The van der Waals surface area contributed by atoms with E-state index in [0.29, 0.717) is 43.2 Å². The summed E-state index contributed by atoms with van der Waals surface area (Å²) in [5.41, 5.74) is 2.42. The van der Waals surface area contributed by atoms with Gasteiger partial charge in [0.15, 0.2) is 11.6 Å². The van der Waals surface area contributed by atoms with Crippen LogP contribution in [-0.2, 0) is 6.42 Å². The first-order valence-electron chi connectivity index (χ1n) is 9.16. The van der Waals surface area contributed by atoms with Gasteiger partial charge in [-0.2, -0.15) is 0 Å². The van der Waals surface area contributed by atoms with Gasteiger partial charge in [-0.1, -0.05) is 6.92 Å². The van der Waals surface area contributed by atoms with Crippen molar-refractivity contribution in [3.63, 3.8) is 0 Å². The van der Waals surface area contributed by atoms with Crippen LogP contribution >= 0.6 is 0 Å². The Balaban J connectivity index is 1.73. The van der Waals surface area contributed by atoms with Gasteiger partial charge >= 0.3 is 0 Å². The molecule has 144 valence electrons. The minimum absolute atomic E-state index is 0.0707. The number of rotatable bonds is 3. The number of aromatic nitrogens is 1. The Morgan fingerprint density at radius 3 is 2.44 bits per heavy atom. The van der Waals surface area contributed by atoms with E-state index in [-0.39, 0.29) is 23.6 Å². The normalized spacial score (nSPS) is 17.3. The van der Waals surface area contributed by atoms with Crippen molar-refractivity contribution in [1.82, 2.24) is 14.8 Å². The smallest absolute Gasteiger partial charge is 0.276 e. The minimum Gasteiger partial charge on any atom is -0.508 e. The lowest BCUT2D eigenvalue weighted by Gasteiger charge is -2.39. The maximum absolute atomic E-state index is 13.0.